The smallest absolute Gasteiger partial charge is 0.326 e. The number of nitrogens with zero attached hydrogens (tertiary/aromatic N) is 4. The zero-order chi connectivity index (χ0) is 18.0. The first-order chi connectivity index (χ1) is 12.0. The molecule has 25 heavy (non-hydrogen) atoms. The van der Waals surface area contributed by atoms with Crippen molar-refractivity contribution < 1.29 is 4.79 Å². The van der Waals surface area contributed by atoms with E-state index in [2.05, 4.69) is 10.1 Å². The van der Waals surface area contributed by atoms with Crippen LogP contribution in [0.5, 0.6) is 0 Å². The molecule has 0 fully saturated rings. The van der Waals surface area contributed by atoms with Crippen LogP contribution in [0.15, 0.2) is 48.5 Å². The van der Waals surface area contributed by atoms with Gasteiger partial charge in [0.05, 0.1) is 11.4 Å². The van der Waals surface area contributed by atoms with Crippen molar-refractivity contribution in [1.82, 2.24) is 14.8 Å². The van der Waals surface area contributed by atoms with Crippen molar-refractivity contribution in [2.45, 2.75) is 27.2 Å². The number of aryl methyl sites for hydroxylation is 3. The molecule has 6 nitrogen and oxygen atoms in total. The number of aromatic nitrogens is 3. The minimum atomic E-state index is -0.593. The number of hydrogen-bond donors (Lipinski definition) is 1. The van der Waals surface area contributed by atoms with Crippen molar-refractivity contribution in [2.75, 3.05) is 4.90 Å². The van der Waals surface area contributed by atoms with Gasteiger partial charge in [-0.05, 0) is 37.1 Å². The molecule has 0 aliphatic carbocycles. The Hall–Kier alpha value is -3.15. The van der Waals surface area contributed by atoms with E-state index in [0.717, 1.165) is 22.5 Å². The first-order valence-corrected chi connectivity index (χ1v) is 8.20. The van der Waals surface area contributed by atoms with Gasteiger partial charge in [-0.15, -0.1) is 5.10 Å². The van der Waals surface area contributed by atoms with Crippen LogP contribution in [-0.4, -0.2) is 20.8 Å². The number of nitrogens with two attached hydrogens (primary N) is 1. The second kappa shape index (κ2) is 6.76. The average molecular weight is 335 g/mol. The average Bonchev–Trinajstić information content (AvgIpc) is 3.02. The van der Waals surface area contributed by atoms with E-state index in [9.17, 15) is 4.79 Å². The number of rotatable bonds is 4. The van der Waals surface area contributed by atoms with E-state index in [1.54, 1.807) is 4.68 Å². The Labute approximate surface area is 146 Å². The predicted molar refractivity (Wildman–Crippen MR) is 98.4 cm³/mol. The molecule has 6 heteroatoms. The Morgan fingerprint density at radius 3 is 2.28 bits per heavy atom. The Bertz CT molecular complexity index is 881. The molecule has 1 heterocycles. The molecule has 128 valence electrons. The standard InChI is InChI=1S/C19H21N5O/c1-4-16-21-19(24(22-16)15-11-6-5-7-12-15)23(18(20)25)17-13(2)9-8-10-14(17)3/h5-12H,4H2,1-3H3,(H2,20,25). The third-order valence-corrected chi connectivity index (χ3v) is 4.03. The van der Waals surface area contributed by atoms with Gasteiger partial charge in [-0.3, -0.25) is 0 Å². The lowest BCUT2D eigenvalue weighted by Gasteiger charge is -2.23. The normalized spacial score (nSPS) is 10.7. The Morgan fingerprint density at radius 1 is 1.08 bits per heavy atom. The highest BCUT2D eigenvalue weighted by molar-refractivity contribution is 5.98. The van der Waals surface area contributed by atoms with Crippen molar-refractivity contribution in [3.8, 4) is 5.69 Å². The van der Waals surface area contributed by atoms with Crippen LogP contribution < -0.4 is 10.6 Å². The largest absolute Gasteiger partial charge is 0.351 e. The molecule has 1 aromatic heterocycles. The molecule has 0 bridgehead atoms. The predicted octanol–water partition coefficient (Wildman–Crippen LogP) is 3.66. The quantitative estimate of drug-likeness (QED) is 0.790. The maximum absolute atomic E-state index is 12.4. The van der Waals surface area contributed by atoms with Crippen LogP contribution >= 0.6 is 0 Å². The van der Waals surface area contributed by atoms with Gasteiger partial charge < -0.3 is 5.73 Å². The highest BCUT2D eigenvalue weighted by atomic mass is 16.2. The van der Waals surface area contributed by atoms with Gasteiger partial charge >= 0.3 is 6.03 Å². The van der Waals surface area contributed by atoms with Gasteiger partial charge in [-0.2, -0.15) is 9.67 Å². The van der Waals surface area contributed by atoms with Crippen LogP contribution in [0.2, 0.25) is 0 Å². The van der Waals surface area contributed by atoms with Crippen molar-refractivity contribution >= 4 is 17.7 Å². The molecule has 0 radical (unpaired) electrons. The van der Waals surface area contributed by atoms with E-state index >= 15 is 0 Å². The number of urea groups is 1. The first-order valence-electron chi connectivity index (χ1n) is 8.20. The van der Waals surface area contributed by atoms with Crippen LogP contribution in [-0.2, 0) is 6.42 Å². The van der Waals surface area contributed by atoms with Gasteiger partial charge in [0.15, 0.2) is 5.82 Å². The minimum absolute atomic E-state index is 0.396. The van der Waals surface area contributed by atoms with Gasteiger partial charge in [-0.1, -0.05) is 43.3 Å². The summed E-state index contributed by atoms with van der Waals surface area (Å²) in [5.74, 6) is 1.05. The molecule has 3 rings (SSSR count). The van der Waals surface area contributed by atoms with Crippen LogP contribution in [0.1, 0.15) is 23.9 Å². The number of anilines is 2. The SMILES string of the molecule is CCc1nc(N(C(N)=O)c2c(C)cccc2C)n(-c2ccccc2)n1. The molecule has 2 N–H and O–H groups in total. The van der Waals surface area contributed by atoms with E-state index in [1.807, 2.05) is 69.3 Å². The molecule has 2 aromatic carbocycles. The maximum Gasteiger partial charge on any atom is 0.326 e. The third-order valence-electron chi connectivity index (χ3n) is 4.03. The molecule has 0 spiro atoms. The zero-order valence-electron chi connectivity index (χ0n) is 14.6. The Kier molecular flexibility index (Phi) is 4.52. The van der Waals surface area contributed by atoms with Crippen LogP contribution in [0.4, 0.5) is 16.4 Å². The summed E-state index contributed by atoms with van der Waals surface area (Å²) in [4.78, 5) is 18.3. The highest BCUT2D eigenvalue weighted by Gasteiger charge is 2.26. The minimum Gasteiger partial charge on any atom is -0.351 e. The van der Waals surface area contributed by atoms with E-state index in [1.165, 1.54) is 4.90 Å². The van der Waals surface area contributed by atoms with E-state index in [0.29, 0.717) is 18.2 Å². The monoisotopic (exact) mass is 335 g/mol. The lowest BCUT2D eigenvalue weighted by Crippen LogP contribution is -2.34. The molecule has 0 saturated carbocycles. The van der Waals surface area contributed by atoms with Crippen LogP contribution in [0.25, 0.3) is 5.69 Å². The molecule has 0 saturated heterocycles. The fourth-order valence-electron chi connectivity index (χ4n) is 2.85. The Morgan fingerprint density at radius 2 is 1.72 bits per heavy atom. The Balaban J connectivity index is 2.25. The van der Waals surface area contributed by atoms with Crippen molar-refractivity contribution in [3.63, 3.8) is 0 Å². The highest BCUT2D eigenvalue weighted by Crippen LogP contribution is 2.31. The summed E-state index contributed by atoms with van der Waals surface area (Å²) in [5.41, 5.74) is 9.19. The number of hydrogen-bond acceptors (Lipinski definition) is 3. The summed E-state index contributed by atoms with van der Waals surface area (Å²) in [7, 11) is 0. The number of carbonyl (C=O) groups excluding carboxylic acids is 1. The molecule has 2 amide bonds. The van der Waals surface area contributed by atoms with Crippen LogP contribution in [0.3, 0.4) is 0 Å². The summed E-state index contributed by atoms with van der Waals surface area (Å²) in [6.45, 7) is 5.87. The van der Waals surface area contributed by atoms with Crippen molar-refractivity contribution in [3.05, 3.63) is 65.5 Å². The summed E-state index contributed by atoms with van der Waals surface area (Å²) in [6.07, 6.45) is 0.659. The molecule has 0 atom stereocenters. The van der Waals surface area contributed by atoms with Crippen molar-refractivity contribution in [2.24, 2.45) is 5.73 Å². The molecule has 0 aliphatic rings. The van der Waals surface area contributed by atoms with Crippen molar-refractivity contribution in [1.29, 1.82) is 0 Å². The summed E-state index contributed by atoms with van der Waals surface area (Å²) >= 11 is 0. The van der Waals surface area contributed by atoms with E-state index in [-0.39, 0.29) is 0 Å². The topological polar surface area (TPSA) is 77.0 Å². The van der Waals surface area contributed by atoms with Gasteiger partial charge in [-0.25, -0.2) is 9.69 Å². The fourth-order valence-corrected chi connectivity index (χ4v) is 2.85. The number of primary amides is 1. The van der Waals surface area contributed by atoms with Gasteiger partial charge in [0.2, 0.25) is 5.95 Å². The molecule has 3 aromatic rings. The molecule has 0 unspecified atom stereocenters. The molecular formula is C19H21N5O. The first kappa shape index (κ1) is 16.7. The molecular weight excluding hydrogens is 314 g/mol. The van der Waals surface area contributed by atoms with E-state index in [4.69, 9.17) is 5.73 Å². The van der Waals surface area contributed by atoms with Gasteiger partial charge in [0.1, 0.15) is 0 Å². The lowest BCUT2D eigenvalue weighted by atomic mass is 10.1. The van der Waals surface area contributed by atoms with Crippen LogP contribution in [0, 0.1) is 13.8 Å². The second-order valence-electron chi connectivity index (χ2n) is 5.84. The third kappa shape index (κ3) is 3.10. The van der Waals surface area contributed by atoms with E-state index < -0.39 is 6.03 Å². The zero-order valence-corrected chi connectivity index (χ0v) is 14.6. The number of para-hydroxylation sites is 2. The summed E-state index contributed by atoms with van der Waals surface area (Å²) < 4.78 is 1.66. The number of amides is 2. The van der Waals surface area contributed by atoms with Gasteiger partial charge in [0.25, 0.3) is 0 Å². The fraction of sp³-hybridized carbons (Fsp3) is 0.211. The summed E-state index contributed by atoms with van der Waals surface area (Å²) in [6, 6.07) is 14.8. The second-order valence-corrected chi connectivity index (χ2v) is 5.84. The van der Waals surface area contributed by atoms with Gasteiger partial charge in [0, 0.05) is 6.42 Å². The summed E-state index contributed by atoms with van der Waals surface area (Å²) in [5, 5.41) is 4.54. The lowest BCUT2D eigenvalue weighted by molar-refractivity contribution is 0.255. The number of benzene rings is 2. The maximum atomic E-state index is 12.4. The molecule has 0 aliphatic heterocycles. The number of carbonyl (C=O) groups is 1.